The fourth-order valence-electron chi connectivity index (χ4n) is 2.74. The second-order valence-electron chi connectivity index (χ2n) is 5.90. The number of hydrogen-bond acceptors (Lipinski definition) is 2. The van der Waals surface area contributed by atoms with Gasteiger partial charge in [0.05, 0.1) is 0 Å². The number of hydrogen-bond donors (Lipinski definition) is 1. The first-order valence-corrected chi connectivity index (χ1v) is 7.65. The van der Waals surface area contributed by atoms with E-state index in [2.05, 4.69) is 75.1 Å². The van der Waals surface area contributed by atoms with E-state index in [1.54, 1.807) is 0 Å². The van der Waals surface area contributed by atoms with Crippen molar-refractivity contribution in [3.8, 4) is 0 Å². The minimum atomic E-state index is 0.0323. The lowest BCUT2D eigenvalue weighted by atomic mass is 10.0. The van der Waals surface area contributed by atoms with Crippen LogP contribution in [0.15, 0.2) is 42.5 Å². The van der Waals surface area contributed by atoms with E-state index in [9.17, 15) is 0 Å². The average Bonchev–Trinajstić information content (AvgIpc) is 2.44. The molecule has 21 heavy (non-hydrogen) atoms. The highest BCUT2D eigenvalue weighted by molar-refractivity contribution is 5.48. The maximum Gasteiger partial charge on any atom is 0.0473 e. The van der Waals surface area contributed by atoms with Gasteiger partial charge in [-0.05, 0) is 45.4 Å². The number of aryl methyl sites for hydroxylation is 3. The first-order chi connectivity index (χ1) is 9.99. The van der Waals surface area contributed by atoms with Gasteiger partial charge in [-0.15, -0.1) is 0 Å². The summed E-state index contributed by atoms with van der Waals surface area (Å²) in [6.45, 7) is 10.3. The lowest BCUT2D eigenvalue weighted by Crippen LogP contribution is -2.32. The molecule has 0 aliphatic heterocycles. The van der Waals surface area contributed by atoms with E-state index in [1.165, 1.54) is 27.9 Å². The molecule has 0 bridgehead atoms. The first-order valence-electron chi connectivity index (χ1n) is 7.65. The Kier molecular flexibility index (Phi) is 5.03. The van der Waals surface area contributed by atoms with Crippen LogP contribution in [0.25, 0.3) is 0 Å². The fourth-order valence-corrected chi connectivity index (χ4v) is 2.74. The van der Waals surface area contributed by atoms with Gasteiger partial charge in [0.2, 0.25) is 0 Å². The summed E-state index contributed by atoms with van der Waals surface area (Å²) in [6, 6.07) is 15.3. The standard InChI is InChI=1S/C19H26N2/c1-5-21(18-8-6-14(2)7-9-18)13-19(20)17-11-15(3)10-16(4)12-17/h6-12,19H,5,13,20H2,1-4H3. The number of nitrogens with two attached hydrogens (primary N) is 1. The van der Waals surface area contributed by atoms with Crippen molar-refractivity contribution < 1.29 is 0 Å². The van der Waals surface area contributed by atoms with Crippen LogP contribution >= 0.6 is 0 Å². The maximum absolute atomic E-state index is 6.43. The summed E-state index contributed by atoms with van der Waals surface area (Å²) in [5.74, 6) is 0. The van der Waals surface area contributed by atoms with Gasteiger partial charge in [-0.25, -0.2) is 0 Å². The summed E-state index contributed by atoms with van der Waals surface area (Å²) in [4.78, 5) is 2.34. The van der Waals surface area contributed by atoms with E-state index in [1.807, 2.05) is 0 Å². The Labute approximate surface area is 128 Å². The summed E-state index contributed by atoms with van der Waals surface area (Å²) in [7, 11) is 0. The highest BCUT2D eigenvalue weighted by Crippen LogP contribution is 2.20. The molecule has 0 fully saturated rings. The van der Waals surface area contributed by atoms with Crippen molar-refractivity contribution in [2.75, 3.05) is 18.0 Å². The van der Waals surface area contributed by atoms with Gasteiger partial charge in [0.1, 0.15) is 0 Å². The predicted molar refractivity (Wildman–Crippen MR) is 91.9 cm³/mol. The van der Waals surface area contributed by atoms with Crippen LogP contribution < -0.4 is 10.6 Å². The predicted octanol–water partition coefficient (Wildman–Crippen LogP) is 4.14. The van der Waals surface area contributed by atoms with Gasteiger partial charge in [0.25, 0.3) is 0 Å². The summed E-state index contributed by atoms with van der Waals surface area (Å²) in [5.41, 5.74) is 12.7. The van der Waals surface area contributed by atoms with Gasteiger partial charge in [0, 0.05) is 24.8 Å². The number of nitrogens with zero attached hydrogens (tertiary/aromatic N) is 1. The topological polar surface area (TPSA) is 29.3 Å². The van der Waals surface area contributed by atoms with Gasteiger partial charge in [-0.2, -0.15) is 0 Å². The number of benzene rings is 2. The lowest BCUT2D eigenvalue weighted by molar-refractivity contribution is 0.676. The van der Waals surface area contributed by atoms with E-state index in [-0.39, 0.29) is 6.04 Å². The summed E-state index contributed by atoms with van der Waals surface area (Å²) < 4.78 is 0. The van der Waals surface area contributed by atoms with E-state index >= 15 is 0 Å². The van der Waals surface area contributed by atoms with Crippen molar-refractivity contribution >= 4 is 5.69 Å². The van der Waals surface area contributed by atoms with E-state index in [0.29, 0.717) is 0 Å². The molecule has 2 rings (SSSR count). The molecule has 2 aromatic rings. The highest BCUT2D eigenvalue weighted by Gasteiger charge is 2.12. The molecule has 0 spiro atoms. The summed E-state index contributed by atoms with van der Waals surface area (Å²) in [5, 5.41) is 0. The van der Waals surface area contributed by atoms with E-state index in [0.717, 1.165) is 13.1 Å². The van der Waals surface area contributed by atoms with Crippen LogP contribution in [-0.2, 0) is 0 Å². The molecular weight excluding hydrogens is 256 g/mol. The Morgan fingerprint density at radius 2 is 1.48 bits per heavy atom. The largest absolute Gasteiger partial charge is 0.370 e. The minimum absolute atomic E-state index is 0.0323. The van der Waals surface area contributed by atoms with Crippen molar-refractivity contribution in [1.29, 1.82) is 0 Å². The smallest absolute Gasteiger partial charge is 0.0473 e. The molecule has 0 radical (unpaired) electrons. The zero-order chi connectivity index (χ0) is 15.4. The SMILES string of the molecule is CCN(CC(N)c1cc(C)cc(C)c1)c1ccc(C)cc1. The third-order valence-corrected chi connectivity index (χ3v) is 3.87. The Balaban J connectivity index is 2.15. The Bertz CT molecular complexity index is 567. The van der Waals surface area contributed by atoms with Crippen LogP contribution in [0.4, 0.5) is 5.69 Å². The Morgan fingerprint density at radius 1 is 0.905 bits per heavy atom. The molecule has 0 saturated carbocycles. The van der Waals surface area contributed by atoms with Gasteiger partial charge in [-0.3, -0.25) is 0 Å². The van der Waals surface area contributed by atoms with Crippen LogP contribution in [-0.4, -0.2) is 13.1 Å². The fraction of sp³-hybridized carbons (Fsp3) is 0.368. The number of likely N-dealkylation sites (N-methyl/N-ethyl adjacent to an activating group) is 1. The second kappa shape index (κ2) is 6.77. The molecule has 0 aromatic heterocycles. The van der Waals surface area contributed by atoms with Crippen LogP contribution in [0.2, 0.25) is 0 Å². The van der Waals surface area contributed by atoms with Crippen LogP contribution in [0.1, 0.15) is 35.2 Å². The second-order valence-corrected chi connectivity index (χ2v) is 5.90. The third kappa shape index (κ3) is 4.08. The van der Waals surface area contributed by atoms with Gasteiger partial charge in [-0.1, -0.05) is 47.0 Å². The molecule has 1 unspecified atom stereocenters. The lowest BCUT2D eigenvalue weighted by Gasteiger charge is -2.27. The molecule has 0 heterocycles. The van der Waals surface area contributed by atoms with Crippen molar-refractivity contribution in [2.24, 2.45) is 5.73 Å². The van der Waals surface area contributed by atoms with Crippen molar-refractivity contribution in [2.45, 2.75) is 33.7 Å². The molecule has 0 aliphatic rings. The van der Waals surface area contributed by atoms with E-state index in [4.69, 9.17) is 5.73 Å². The molecule has 2 nitrogen and oxygen atoms in total. The molecule has 2 aromatic carbocycles. The zero-order valence-electron chi connectivity index (χ0n) is 13.6. The molecule has 112 valence electrons. The average molecular weight is 282 g/mol. The van der Waals surface area contributed by atoms with Crippen molar-refractivity contribution in [3.63, 3.8) is 0 Å². The molecular formula is C19H26N2. The molecule has 0 saturated heterocycles. The van der Waals surface area contributed by atoms with Crippen LogP contribution in [0, 0.1) is 20.8 Å². The zero-order valence-corrected chi connectivity index (χ0v) is 13.6. The Morgan fingerprint density at radius 3 is 2.00 bits per heavy atom. The van der Waals surface area contributed by atoms with Crippen molar-refractivity contribution in [3.05, 3.63) is 64.7 Å². The van der Waals surface area contributed by atoms with Crippen molar-refractivity contribution in [1.82, 2.24) is 0 Å². The molecule has 1 atom stereocenters. The highest BCUT2D eigenvalue weighted by atomic mass is 15.1. The normalized spacial score (nSPS) is 12.2. The molecule has 2 N–H and O–H groups in total. The molecule has 0 amide bonds. The third-order valence-electron chi connectivity index (χ3n) is 3.87. The monoisotopic (exact) mass is 282 g/mol. The number of rotatable bonds is 5. The quantitative estimate of drug-likeness (QED) is 0.893. The Hall–Kier alpha value is -1.80. The summed E-state index contributed by atoms with van der Waals surface area (Å²) in [6.07, 6.45) is 0. The molecule has 2 heteroatoms. The summed E-state index contributed by atoms with van der Waals surface area (Å²) >= 11 is 0. The molecule has 0 aliphatic carbocycles. The van der Waals surface area contributed by atoms with E-state index < -0.39 is 0 Å². The van der Waals surface area contributed by atoms with Gasteiger partial charge < -0.3 is 10.6 Å². The van der Waals surface area contributed by atoms with Gasteiger partial charge in [0.15, 0.2) is 0 Å². The minimum Gasteiger partial charge on any atom is -0.370 e. The maximum atomic E-state index is 6.43. The first kappa shape index (κ1) is 15.6. The van der Waals surface area contributed by atoms with Crippen LogP contribution in [0.5, 0.6) is 0 Å². The number of anilines is 1. The van der Waals surface area contributed by atoms with Crippen LogP contribution in [0.3, 0.4) is 0 Å². The van der Waals surface area contributed by atoms with Gasteiger partial charge >= 0.3 is 0 Å².